The maximum atomic E-state index is 13.5. The molecule has 4 N–H and O–H groups in total. The van der Waals surface area contributed by atoms with Gasteiger partial charge in [-0.2, -0.15) is 0 Å². The van der Waals surface area contributed by atoms with Gasteiger partial charge in [-0.15, -0.1) is 23.2 Å². The lowest BCUT2D eigenvalue weighted by atomic mass is 9.95. The maximum Gasteiger partial charge on any atom is 0.414 e. The lowest BCUT2D eigenvalue weighted by Gasteiger charge is -2.25. The van der Waals surface area contributed by atoms with Crippen LogP contribution in [0.15, 0.2) is 121 Å². The summed E-state index contributed by atoms with van der Waals surface area (Å²) in [4.78, 5) is 83.5. The Morgan fingerprint density at radius 2 is 0.975 bits per heavy atom. The number of aromatic nitrogens is 1. The van der Waals surface area contributed by atoms with E-state index < -0.39 is 47.0 Å². The molecule has 0 fully saturated rings. The van der Waals surface area contributed by atoms with Gasteiger partial charge in [0.2, 0.25) is 17.7 Å². The van der Waals surface area contributed by atoms with Crippen LogP contribution in [-0.2, 0) is 44.1 Å². The summed E-state index contributed by atoms with van der Waals surface area (Å²) in [6.07, 6.45) is 0.261. The zero-order valence-corrected chi connectivity index (χ0v) is 47.8. The van der Waals surface area contributed by atoms with Crippen molar-refractivity contribution in [2.75, 3.05) is 57.1 Å². The van der Waals surface area contributed by atoms with E-state index in [0.717, 1.165) is 33.0 Å². The van der Waals surface area contributed by atoms with Crippen LogP contribution >= 0.6 is 23.2 Å². The van der Waals surface area contributed by atoms with Crippen molar-refractivity contribution >= 4 is 109 Å². The monoisotopic (exact) mass is 1140 g/mol. The van der Waals surface area contributed by atoms with Gasteiger partial charge in [0.05, 0.1) is 23.6 Å². The molecular formula is C62H65Cl2N7O10. The number of amides is 6. The second kappa shape index (κ2) is 24.2. The van der Waals surface area contributed by atoms with Crippen molar-refractivity contribution < 1.29 is 47.7 Å². The summed E-state index contributed by atoms with van der Waals surface area (Å²) in [6.45, 7) is 11.6. The van der Waals surface area contributed by atoms with E-state index in [1.807, 2.05) is 133 Å². The van der Waals surface area contributed by atoms with E-state index in [0.29, 0.717) is 63.8 Å². The van der Waals surface area contributed by atoms with Crippen molar-refractivity contribution in [1.82, 2.24) is 9.88 Å². The standard InChI is InChI=1S/C62H65Cl2N7O10/c1-61(2,3)80-59(76)70-32-39(29-63)56-44-20-18-41(24-46(44)51(27-48(56)70)78-35-37-14-10-8-11-15-37)66-53(72)22-23-54(73)68-43-26-50(69(7)34-43)58(75)65-31-55(74)67-42-19-21-45-47(25-42)52(79-36-38-16-12-9-13-17-38)28-49-57(45)40(30-64)33-71(49)60(77)81-62(4,5)6/h8-21,24-28,34,39-40H,22-23,29-33,35-36H2,1-7H3,(H,65,75)(H,66,72)(H,67,74)(H,68,73). The molecule has 19 heteroatoms. The highest BCUT2D eigenvalue weighted by Crippen LogP contribution is 2.48. The van der Waals surface area contributed by atoms with Crippen LogP contribution in [0.25, 0.3) is 21.5 Å². The molecule has 17 nitrogen and oxygen atoms in total. The van der Waals surface area contributed by atoms with Gasteiger partial charge in [0, 0.05) is 97.1 Å². The highest BCUT2D eigenvalue weighted by Gasteiger charge is 2.39. The Morgan fingerprint density at radius 3 is 1.41 bits per heavy atom. The van der Waals surface area contributed by atoms with Gasteiger partial charge in [0.1, 0.15) is 41.6 Å². The molecule has 2 atom stereocenters. The Morgan fingerprint density at radius 1 is 0.543 bits per heavy atom. The smallest absolute Gasteiger partial charge is 0.414 e. The van der Waals surface area contributed by atoms with Crippen LogP contribution in [0, 0.1) is 0 Å². The molecule has 0 bridgehead atoms. The lowest BCUT2D eigenvalue weighted by Crippen LogP contribution is -2.36. The normalized spacial score (nSPS) is 14.7. The number of hydrogen-bond donors (Lipinski definition) is 4. The number of alkyl halides is 2. The third kappa shape index (κ3) is 13.7. The minimum absolute atomic E-state index is 0.151. The number of nitrogens with one attached hydrogen (secondary N) is 4. The second-order valence-corrected chi connectivity index (χ2v) is 22.7. The summed E-state index contributed by atoms with van der Waals surface area (Å²) >= 11 is 13.0. The third-order valence-electron chi connectivity index (χ3n) is 13.6. The van der Waals surface area contributed by atoms with Crippen molar-refractivity contribution in [1.29, 1.82) is 0 Å². The molecular weight excluding hydrogens is 1070 g/mol. The van der Waals surface area contributed by atoms with Crippen LogP contribution in [0.1, 0.15) is 99.0 Å². The quantitative estimate of drug-likeness (QED) is 0.0636. The second-order valence-electron chi connectivity index (χ2n) is 22.1. The molecule has 3 heterocycles. The lowest BCUT2D eigenvalue weighted by molar-refractivity contribution is -0.121. The Hall–Kier alpha value is -8.28. The highest BCUT2D eigenvalue weighted by atomic mass is 35.5. The molecule has 6 amide bonds. The predicted molar refractivity (Wildman–Crippen MR) is 316 cm³/mol. The molecule has 7 aromatic rings. The van der Waals surface area contributed by atoms with E-state index in [2.05, 4.69) is 21.3 Å². The Bertz CT molecular complexity index is 3540. The number of ether oxygens (including phenoxy) is 4. The van der Waals surface area contributed by atoms with Crippen molar-refractivity contribution in [2.45, 2.75) is 90.6 Å². The minimum atomic E-state index is -0.718. The zero-order chi connectivity index (χ0) is 57.8. The molecule has 81 heavy (non-hydrogen) atoms. The van der Waals surface area contributed by atoms with Gasteiger partial charge in [-0.1, -0.05) is 72.8 Å². The van der Waals surface area contributed by atoms with E-state index >= 15 is 0 Å². The first kappa shape index (κ1) is 57.4. The first-order chi connectivity index (χ1) is 38.6. The molecule has 0 aliphatic carbocycles. The van der Waals surface area contributed by atoms with Gasteiger partial charge in [-0.05, 0) is 105 Å². The fourth-order valence-electron chi connectivity index (χ4n) is 10.0. The molecule has 0 saturated heterocycles. The van der Waals surface area contributed by atoms with Crippen molar-refractivity contribution in [3.8, 4) is 11.5 Å². The van der Waals surface area contributed by atoms with Gasteiger partial charge >= 0.3 is 12.2 Å². The Kier molecular flexibility index (Phi) is 17.2. The molecule has 2 aliphatic heterocycles. The van der Waals surface area contributed by atoms with Gasteiger partial charge in [0.15, 0.2) is 0 Å². The number of aryl methyl sites for hydroxylation is 1. The maximum absolute atomic E-state index is 13.5. The third-order valence-corrected chi connectivity index (χ3v) is 14.3. The number of anilines is 5. The van der Waals surface area contributed by atoms with Crippen LogP contribution in [0.2, 0.25) is 0 Å². The highest BCUT2D eigenvalue weighted by molar-refractivity contribution is 6.19. The molecule has 422 valence electrons. The van der Waals surface area contributed by atoms with Crippen molar-refractivity contribution in [3.63, 3.8) is 0 Å². The summed E-state index contributed by atoms with van der Waals surface area (Å²) in [5.41, 5.74) is 4.88. The molecule has 1 aromatic heterocycles. The number of hydrogen-bond acceptors (Lipinski definition) is 10. The summed E-state index contributed by atoms with van der Waals surface area (Å²) < 4.78 is 25.9. The average molecular weight is 1140 g/mol. The summed E-state index contributed by atoms with van der Waals surface area (Å²) in [5, 5.41) is 14.2. The minimum Gasteiger partial charge on any atom is -0.488 e. The number of halogens is 2. The van der Waals surface area contributed by atoms with E-state index in [1.54, 1.807) is 41.2 Å². The van der Waals surface area contributed by atoms with E-state index in [1.165, 1.54) is 10.6 Å². The summed E-state index contributed by atoms with van der Waals surface area (Å²) in [5.74, 6) is -0.832. The number of carbonyl (C=O) groups is 6. The van der Waals surface area contributed by atoms with Crippen LogP contribution in [0.4, 0.5) is 38.0 Å². The fourth-order valence-corrected chi connectivity index (χ4v) is 10.5. The van der Waals surface area contributed by atoms with E-state index in [9.17, 15) is 28.8 Å². The van der Waals surface area contributed by atoms with Crippen LogP contribution in [0.5, 0.6) is 11.5 Å². The van der Waals surface area contributed by atoms with Gasteiger partial charge in [0.25, 0.3) is 5.91 Å². The number of nitrogens with zero attached hydrogens (tertiary/aromatic N) is 3. The van der Waals surface area contributed by atoms with Crippen LogP contribution < -0.4 is 40.5 Å². The van der Waals surface area contributed by atoms with Gasteiger partial charge in [-0.25, -0.2) is 9.59 Å². The Labute approximate surface area is 480 Å². The van der Waals surface area contributed by atoms with Gasteiger partial charge in [-0.3, -0.25) is 29.0 Å². The Balaban J connectivity index is 0.823. The molecule has 2 unspecified atom stereocenters. The molecule has 0 radical (unpaired) electrons. The van der Waals surface area contributed by atoms with E-state index in [4.69, 9.17) is 42.1 Å². The zero-order valence-electron chi connectivity index (χ0n) is 46.2. The topological polar surface area (TPSA) is 199 Å². The number of fused-ring (bicyclic) bond motifs is 6. The number of carbonyl (C=O) groups excluding carboxylic acids is 6. The van der Waals surface area contributed by atoms with Crippen LogP contribution in [0.3, 0.4) is 0 Å². The van der Waals surface area contributed by atoms with E-state index in [-0.39, 0.29) is 61.9 Å². The molecule has 0 spiro atoms. The van der Waals surface area contributed by atoms with Crippen LogP contribution in [-0.4, -0.2) is 83.0 Å². The SMILES string of the molecule is Cn1cc(NC(=O)CCC(=O)Nc2ccc3c4c(cc(OCc5ccccc5)c3c2)N(C(=O)OC(C)(C)C)CC4CCl)cc1C(=O)NCC(=O)Nc1ccc2c3c(cc(OCc4ccccc4)c2c1)N(C(=O)OC(C)(C)C)CC3CCl. The molecule has 6 aromatic carbocycles. The average Bonchev–Trinajstić information content (AvgIpc) is 4.13. The van der Waals surface area contributed by atoms with Crippen molar-refractivity contribution in [2.24, 2.45) is 7.05 Å². The number of rotatable bonds is 17. The molecule has 0 saturated carbocycles. The fraction of sp³-hybridized carbons (Fsp3) is 0.323. The predicted octanol–water partition coefficient (Wildman–Crippen LogP) is 12.4. The first-order valence-electron chi connectivity index (χ1n) is 26.7. The van der Waals surface area contributed by atoms with Gasteiger partial charge < -0.3 is 44.8 Å². The summed E-state index contributed by atoms with van der Waals surface area (Å²) in [6, 6.07) is 35.3. The number of benzene rings is 6. The largest absolute Gasteiger partial charge is 0.488 e. The summed E-state index contributed by atoms with van der Waals surface area (Å²) in [7, 11) is 1.63. The molecule has 9 rings (SSSR count). The van der Waals surface area contributed by atoms with Crippen molar-refractivity contribution in [3.05, 3.63) is 149 Å². The first-order valence-corrected chi connectivity index (χ1v) is 27.7. The molecule has 2 aliphatic rings.